The topological polar surface area (TPSA) is 41.1 Å². The summed E-state index contributed by atoms with van der Waals surface area (Å²) in [6, 6.07) is 6.65. The molecular formula is C15H22ClFN2O. The number of hydrogen-bond donors (Lipinski definition) is 2. The highest BCUT2D eigenvalue weighted by molar-refractivity contribution is 5.85. The third kappa shape index (κ3) is 4.46. The fraction of sp³-hybridized carbons (Fsp3) is 0.533. The van der Waals surface area contributed by atoms with Gasteiger partial charge in [-0.25, -0.2) is 4.39 Å². The predicted molar refractivity (Wildman–Crippen MR) is 80.5 cm³/mol. The molecule has 1 heterocycles. The van der Waals surface area contributed by atoms with Gasteiger partial charge in [0.1, 0.15) is 5.82 Å². The first-order valence-corrected chi connectivity index (χ1v) is 6.78. The van der Waals surface area contributed by atoms with Crippen LogP contribution in [0.2, 0.25) is 0 Å². The Kier molecular flexibility index (Phi) is 5.96. The van der Waals surface area contributed by atoms with Crippen LogP contribution in [0.1, 0.15) is 38.7 Å². The van der Waals surface area contributed by atoms with Crippen molar-refractivity contribution in [1.82, 2.24) is 10.6 Å². The van der Waals surface area contributed by atoms with Gasteiger partial charge in [-0.1, -0.05) is 12.1 Å². The zero-order valence-electron chi connectivity index (χ0n) is 11.9. The summed E-state index contributed by atoms with van der Waals surface area (Å²) in [5, 5.41) is 6.28. The molecule has 1 atom stereocenters. The summed E-state index contributed by atoms with van der Waals surface area (Å²) >= 11 is 0. The predicted octanol–water partition coefficient (Wildman–Crippen LogP) is 2.74. The average Bonchev–Trinajstić information content (AvgIpc) is 2.81. The Hall–Kier alpha value is -1.13. The normalized spacial score (nSPS) is 18.4. The number of amides is 1. The van der Waals surface area contributed by atoms with Crippen LogP contribution < -0.4 is 10.6 Å². The van der Waals surface area contributed by atoms with Crippen molar-refractivity contribution in [2.75, 3.05) is 6.54 Å². The highest BCUT2D eigenvalue weighted by atomic mass is 35.5. The van der Waals surface area contributed by atoms with E-state index in [1.165, 1.54) is 12.1 Å². The van der Waals surface area contributed by atoms with E-state index in [4.69, 9.17) is 0 Å². The second-order valence-corrected chi connectivity index (χ2v) is 5.68. The van der Waals surface area contributed by atoms with E-state index in [1.54, 1.807) is 6.07 Å². The molecule has 1 aliphatic rings. The first-order valence-electron chi connectivity index (χ1n) is 6.78. The average molecular weight is 301 g/mol. The van der Waals surface area contributed by atoms with Crippen molar-refractivity contribution in [3.05, 3.63) is 35.6 Å². The van der Waals surface area contributed by atoms with Crippen LogP contribution >= 0.6 is 12.4 Å². The van der Waals surface area contributed by atoms with Crippen molar-refractivity contribution < 1.29 is 9.18 Å². The van der Waals surface area contributed by atoms with E-state index in [1.807, 2.05) is 19.9 Å². The van der Waals surface area contributed by atoms with E-state index in [0.29, 0.717) is 6.42 Å². The lowest BCUT2D eigenvalue weighted by Crippen LogP contribution is -2.43. The van der Waals surface area contributed by atoms with Gasteiger partial charge in [-0.15, -0.1) is 12.4 Å². The van der Waals surface area contributed by atoms with E-state index in [9.17, 15) is 9.18 Å². The monoisotopic (exact) mass is 300 g/mol. The van der Waals surface area contributed by atoms with Crippen LogP contribution in [0.3, 0.4) is 0 Å². The summed E-state index contributed by atoms with van der Waals surface area (Å²) in [6.45, 7) is 4.77. The maximum atomic E-state index is 13.2. The minimum absolute atomic E-state index is 0. The van der Waals surface area contributed by atoms with Crippen LogP contribution in [0.5, 0.6) is 0 Å². The molecule has 20 heavy (non-hydrogen) atoms. The number of benzene rings is 1. The molecule has 1 fully saturated rings. The molecule has 1 aromatic rings. The van der Waals surface area contributed by atoms with Gasteiger partial charge in [0.25, 0.3) is 0 Å². The SMILES string of the molecule is CC(C)(NC(=O)CC1CCCN1)c1cccc(F)c1.Cl. The number of hydrogen-bond acceptors (Lipinski definition) is 2. The zero-order chi connectivity index (χ0) is 13.9. The maximum Gasteiger partial charge on any atom is 0.222 e. The smallest absolute Gasteiger partial charge is 0.222 e. The van der Waals surface area contributed by atoms with Crippen LogP contribution in [-0.2, 0) is 10.3 Å². The van der Waals surface area contributed by atoms with E-state index in [2.05, 4.69) is 10.6 Å². The molecule has 5 heteroatoms. The summed E-state index contributed by atoms with van der Waals surface area (Å²) in [5.41, 5.74) is 0.220. The van der Waals surface area contributed by atoms with Crippen molar-refractivity contribution in [3.8, 4) is 0 Å². The van der Waals surface area contributed by atoms with Gasteiger partial charge in [-0.3, -0.25) is 4.79 Å². The number of rotatable bonds is 4. The van der Waals surface area contributed by atoms with Crippen LogP contribution in [0, 0.1) is 5.82 Å². The quantitative estimate of drug-likeness (QED) is 0.898. The second kappa shape index (κ2) is 7.04. The van der Waals surface area contributed by atoms with Gasteiger partial charge >= 0.3 is 0 Å². The third-order valence-corrected chi connectivity index (χ3v) is 3.59. The highest BCUT2D eigenvalue weighted by Crippen LogP contribution is 2.21. The van der Waals surface area contributed by atoms with Gasteiger partial charge in [0.15, 0.2) is 0 Å². The Balaban J connectivity index is 0.00000200. The Morgan fingerprint density at radius 2 is 2.25 bits per heavy atom. The molecule has 0 spiro atoms. The molecular weight excluding hydrogens is 279 g/mol. The van der Waals surface area contributed by atoms with Crippen LogP contribution in [0.25, 0.3) is 0 Å². The van der Waals surface area contributed by atoms with Crippen LogP contribution in [0.15, 0.2) is 24.3 Å². The molecule has 0 aliphatic carbocycles. The van der Waals surface area contributed by atoms with Crippen molar-refractivity contribution in [2.24, 2.45) is 0 Å². The largest absolute Gasteiger partial charge is 0.347 e. The van der Waals surface area contributed by atoms with Crippen molar-refractivity contribution in [3.63, 3.8) is 0 Å². The fourth-order valence-corrected chi connectivity index (χ4v) is 2.50. The molecule has 1 saturated heterocycles. The summed E-state index contributed by atoms with van der Waals surface area (Å²) in [4.78, 5) is 12.0. The number of nitrogens with one attached hydrogen (secondary N) is 2. The number of carbonyl (C=O) groups excluding carboxylic acids is 1. The molecule has 0 bridgehead atoms. The van der Waals surface area contributed by atoms with Gasteiger partial charge in [-0.2, -0.15) is 0 Å². The highest BCUT2D eigenvalue weighted by Gasteiger charge is 2.25. The summed E-state index contributed by atoms with van der Waals surface area (Å²) in [6.07, 6.45) is 2.66. The first kappa shape index (κ1) is 16.9. The summed E-state index contributed by atoms with van der Waals surface area (Å²) in [5.74, 6) is -0.272. The minimum atomic E-state index is -0.558. The van der Waals surface area contributed by atoms with E-state index in [0.717, 1.165) is 24.9 Å². The van der Waals surface area contributed by atoms with Gasteiger partial charge in [0, 0.05) is 12.5 Å². The first-order chi connectivity index (χ1) is 8.97. The standard InChI is InChI=1S/C15H21FN2O.ClH/c1-15(2,11-5-3-6-12(16)9-11)18-14(19)10-13-7-4-8-17-13;/h3,5-6,9,13,17H,4,7-8,10H2,1-2H3,(H,18,19);1H. The molecule has 0 radical (unpaired) electrons. The number of halogens is 2. The molecule has 3 nitrogen and oxygen atoms in total. The van der Waals surface area contributed by atoms with E-state index >= 15 is 0 Å². The lowest BCUT2D eigenvalue weighted by atomic mass is 9.93. The lowest BCUT2D eigenvalue weighted by molar-refractivity contribution is -0.123. The molecule has 0 saturated carbocycles. The van der Waals surface area contributed by atoms with Crippen molar-refractivity contribution in [1.29, 1.82) is 0 Å². The minimum Gasteiger partial charge on any atom is -0.347 e. The molecule has 2 rings (SSSR count). The van der Waals surface area contributed by atoms with E-state index < -0.39 is 5.54 Å². The second-order valence-electron chi connectivity index (χ2n) is 5.68. The van der Waals surface area contributed by atoms with Gasteiger partial charge in [0.2, 0.25) is 5.91 Å². The lowest BCUT2D eigenvalue weighted by Gasteiger charge is -2.27. The molecule has 1 aromatic carbocycles. The molecule has 1 amide bonds. The summed E-state index contributed by atoms with van der Waals surface area (Å²) < 4.78 is 13.2. The molecule has 112 valence electrons. The fourth-order valence-electron chi connectivity index (χ4n) is 2.50. The molecule has 0 aromatic heterocycles. The van der Waals surface area contributed by atoms with Gasteiger partial charge in [0.05, 0.1) is 5.54 Å². The van der Waals surface area contributed by atoms with E-state index in [-0.39, 0.29) is 30.2 Å². The molecule has 1 unspecified atom stereocenters. The van der Waals surface area contributed by atoms with Crippen LogP contribution in [-0.4, -0.2) is 18.5 Å². The Labute approximate surface area is 125 Å². The Bertz CT molecular complexity index is 459. The number of carbonyl (C=O) groups is 1. The van der Waals surface area contributed by atoms with Crippen LogP contribution in [0.4, 0.5) is 4.39 Å². The zero-order valence-corrected chi connectivity index (χ0v) is 12.7. The Morgan fingerprint density at radius 3 is 2.85 bits per heavy atom. The summed E-state index contributed by atoms with van der Waals surface area (Å²) in [7, 11) is 0. The van der Waals surface area contributed by atoms with Crippen molar-refractivity contribution in [2.45, 2.75) is 44.7 Å². The molecule has 2 N–H and O–H groups in total. The third-order valence-electron chi connectivity index (χ3n) is 3.59. The van der Waals surface area contributed by atoms with Gasteiger partial charge < -0.3 is 10.6 Å². The Morgan fingerprint density at radius 1 is 1.50 bits per heavy atom. The van der Waals surface area contributed by atoms with Gasteiger partial charge in [-0.05, 0) is 50.9 Å². The maximum absolute atomic E-state index is 13.2. The molecule has 1 aliphatic heterocycles. The van der Waals surface area contributed by atoms with Crippen molar-refractivity contribution >= 4 is 18.3 Å².